The third-order valence-corrected chi connectivity index (χ3v) is 5.10. The number of fused-ring (bicyclic) bond motifs is 1. The Kier molecular flexibility index (Phi) is 6.59. The molecule has 0 radical (unpaired) electrons. The van der Waals surface area contributed by atoms with Gasteiger partial charge in [-0.25, -0.2) is 4.98 Å². The summed E-state index contributed by atoms with van der Waals surface area (Å²) in [6, 6.07) is 16.2. The lowest BCUT2D eigenvalue weighted by atomic mass is 10.2. The van der Waals surface area contributed by atoms with Gasteiger partial charge in [0, 0.05) is 12.1 Å². The predicted octanol–water partition coefficient (Wildman–Crippen LogP) is 4.39. The predicted molar refractivity (Wildman–Crippen MR) is 126 cm³/mol. The van der Waals surface area contributed by atoms with Crippen molar-refractivity contribution in [1.82, 2.24) is 9.55 Å². The molecule has 0 aliphatic carbocycles. The van der Waals surface area contributed by atoms with E-state index in [0.717, 1.165) is 40.2 Å². The molecule has 1 heterocycles. The molecule has 0 bridgehead atoms. The van der Waals surface area contributed by atoms with Crippen molar-refractivity contribution < 1.29 is 22.9 Å². The summed E-state index contributed by atoms with van der Waals surface area (Å²) in [7, 11) is 0. The molecular weight excluding hydrogens is 479 g/mol. The first-order valence-electron chi connectivity index (χ1n) is 10.4. The number of anilines is 1. The number of nitrogens with zero attached hydrogens (tertiary/aromatic N) is 5. The molecule has 3 aromatic carbocycles. The van der Waals surface area contributed by atoms with Gasteiger partial charge in [-0.2, -0.15) is 23.3 Å². The highest BCUT2D eigenvalue weighted by Crippen LogP contribution is 2.32. The van der Waals surface area contributed by atoms with Crippen molar-refractivity contribution >= 4 is 34.4 Å². The highest BCUT2D eigenvalue weighted by Gasteiger charge is 2.31. The van der Waals surface area contributed by atoms with Gasteiger partial charge in [0.25, 0.3) is 17.2 Å². The number of aromatic nitrogens is 2. The van der Waals surface area contributed by atoms with Gasteiger partial charge in [0.15, 0.2) is 0 Å². The van der Waals surface area contributed by atoms with Crippen LogP contribution in [0.15, 0.2) is 89.0 Å². The molecule has 0 unspecified atom stereocenters. The number of alkyl halides is 3. The van der Waals surface area contributed by atoms with Crippen LogP contribution in [0.2, 0.25) is 0 Å². The lowest BCUT2D eigenvalue weighted by Gasteiger charge is -2.19. The van der Waals surface area contributed by atoms with E-state index in [1.807, 2.05) is 0 Å². The van der Waals surface area contributed by atoms with Crippen LogP contribution in [0, 0.1) is 10.1 Å². The second kappa shape index (κ2) is 9.78. The first-order valence-corrected chi connectivity index (χ1v) is 10.4. The molecule has 0 aliphatic rings. The molecule has 0 spiro atoms. The average molecular weight is 495 g/mol. The SMILES string of the molecule is O=C(Cn1cnc2ccc([N+](=O)[O-])cc2c1=O)N(/N=C/c1ccccc1)c1cccc(C(F)(F)F)c1. The van der Waals surface area contributed by atoms with E-state index in [-0.39, 0.29) is 22.3 Å². The molecule has 0 atom stereocenters. The molecule has 1 amide bonds. The van der Waals surface area contributed by atoms with Crippen LogP contribution in [-0.4, -0.2) is 26.6 Å². The number of non-ortho nitro benzene ring substituents is 1. The Balaban J connectivity index is 1.73. The highest BCUT2D eigenvalue weighted by atomic mass is 19.4. The third-order valence-electron chi connectivity index (χ3n) is 5.10. The number of rotatable bonds is 6. The minimum atomic E-state index is -4.65. The van der Waals surface area contributed by atoms with Gasteiger partial charge in [-0.05, 0) is 29.8 Å². The summed E-state index contributed by atoms with van der Waals surface area (Å²) in [4.78, 5) is 40.5. The molecule has 182 valence electrons. The van der Waals surface area contributed by atoms with Crippen LogP contribution in [0.4, 0.5) is 24.5 Å². The second-order valence-corrected chi connectivity index (χ2v) is 7.55. The van der Waals surface area contributed by atoms with Gasteiger partial charge in [0.1, 0.15) is 6.54 Å². The largest absolute Gasteiger partial charge is 0.416 e. The molecule has 9 nitrogen and oxygen atoms in total. The Morgan fingerprint density at radius 3 is 2.53 bits per heavy atom. The van der Waals surface area contributed by atoms with Gasteiger partial charge < -0.3 is 0 Å². The molecule has 0 saturated heterocycles. The Labute approximate surface area is 200 Å². The molecular formula is C24H16F3N5O4. The van der Waals surface area contributed by atoms with Gasteiger partial charge in [0.2, 0.25) is 0 Å². The summed E-state index contributed by atoms with van der Waals surface area (Å²) in [6.45, 7) is -0.632. The first-order chi connectivity index (χ1) is 17.1. The zero-order valence-corrected chi connectivity index (χ0v) is 18.3. The van der Waals surface area contributed by atoms with Crippen LogP contribution in [0.25, 0.3) is 10.9 Å². The van der Waals surface area contributed by atoms with Crippen molar-refractivity contribution in [3.8, 4) is 0 Å². The smallest absolute Gasteiger partial charge is 0.289 e. The zero-order chi connectivity index (χ0) is 25.9. The van der Waals surface area contributed by atoms with E-state index in [0.29, 0.717) is 5.56 Å². The van der Waals surface area contributed by atoms with E-state index in [9.17, 15) is 32.9 Å². The number of carbonyl (C=O) groups is 1. The van der Waals surface area contributed by atoms with Crippen LogP contribution >= 0.6 is 0 Å². The molecule has 0 aliphatic heterocycles. The Bertz CT molecular complexity index is 1530. The zero-order valence-electron chi connectivity index (χ0n) is 18.3. The number of halogens is 3. The highest BCUT2D eigenvalue weighted by molar-refractivity contribution is 5.95. The van der Waals surface area contributed by atoms with E-state index >= 15 is 0 Å². The average Bonchev–Trinajstić information content (AvgIpc) is 2.86. The summed E-state index contributed by atoms with van der Waals surface area (Å²) < 4.78 is 40.7. The molecule has 4 aromatic rings. The number of hydrogen-bond acceptors (Lipinski definition) is 6. The van der Waals surface area contributed by atoms with Crippen molar-refractivity contribution in [2.45, 2.75) is 12.7 Å². The molecule has 0 saturated carbocycles. The maximum absolute atomic E-state index is 13.3. The fraction of sp³-hybridized carbons (Fsp3) is 0.0833. The Hall–Kier alpha value is -4.87. The number of nitro groups is 1. The number of carbonyl (C=O) groups excluding carboxylic acids is 1. The normalized spacial score (nSPS) is 11.6. The fourth-order valence-corrected chi connectivity index (χ4v) is 3.34. The molecule has 12 heteroatoms. The monoisotopic (exact) mass is 495 g/mol. The quantitative estimate of drug-likeness (QED) is 0.224. The van der Waals surface area contributed by atoms with Crippen molar-refractivity contribution in [3.63, 3.8) is 0 Å². The van der Waals surface area contributed by atoms with E-state index in [1.54, 1.807) is 30.3 Å². The van der Waals surface area contributed by atoms with Crippen LogP contribution in [0.3, 0.4) is 0 Å². The third kappa shape index (κ3) is 5.27. The Morgan fingerprint density at radius 1 is 1.08 bits per heavy atom. The van der Waals surface area contributed by atoms with E-state index in [1.165, 1.54) is 24.4 Å². The minimum Gasteiger partial charge on any atom is -0.289 e. The van der Waals surface area contributed by atoms with E-state index in [4.69, 9.17) is 0 Å². The maximum atomic E-state index is 13.3. The topological polar surface area (TPSA) is 111 Å². The number of hydrazone groups is 1. The van der Waals surface area contributed by atoms with Crippen molar-refractivity contribution in [2.24, 2.45) is 5.10 Å². The van der Waals surface area contributed by atoms with E-state index in [2.05, 4.69) is 10.1 Å². The fourth-order valence-electron chi connectivity index (χ4n) is 3.34. The molecule has 36 heavy (non-hydrogen) atoms. The van der Waals surface area contributed by atoms with Gasteiger partial charge in [-0.3, -0.25) is 24.3 Å². The molecule has 1 aromatic heterocycles. The molecule has 0 fully saturated rings. The first kappa shape index (κ1) is 24.3. The van der Waals surface area contributed by atoms with Crippen LogP contribution in [0.5, 0.6) is 0 Å². The van der Waals surface area contributed by atoms with Crippen LogP contribution < -0.4 is 10.6 Å². The number of benzene rings is 3. The minimum absolute atomic E-state index is 0.0853. The number of nitro benzene ring substituents is 1. The number of hydrogen-bond donors (Lipinski definition) is 0. The molecule has 0 N–H and O–H groups in total. The van der Waals surface area contributed by atoms with Crippen LogP contribution in [-0.2, 0) is 17.5 Å². The van der Waals surface area contributed by atoms with Crippen molar-refractivity contribution in [3.05, 3.63) is 111 Å². The Morgan fingerprint density at radius 2 is 1.83 bits per heavy atom. The number of amides is 1. The van der Waals surface area contributed by atoms with Crippen LogP contribution in [0.1, 0.15) is 11.1 Å². The summed E-state index contributed by atoms with van der Waals surface area (Å²) in [5, 5.41) is 15.8. The summed E-state index contributed by atoms with van der Waals surface area (Å²) in [5.41, 5.74) is -1.44. The van der Waals surface area contributed by atoms with Gasteiger partial charge >= 0.3 is 6.18 Å². The van der Waals surface area contributed by atoms with Crippen molar-refractivity contribution in [2.75, 3.05) is 5.01 Å². The summed E-state index contributed by atoms with van der Waals surface area (Å²) >= 11 is 0. The van der Waals surface area contributed by atoms with Gasteiger partial charge in [-0.15, -0.1) is 0 Å². The maximum Gasteiger partial charge on any atom is 0.416 e. The lowest BCUT2D eigenvalue weighted by Crippen LogP contribution is -2.33. The summed E-state index contributed by atoms with van der Waals surface area (Å²) in [6.07, 6.45) is -2.27. The van der Waals surface area contributed by atoms with Gasteiger partial charge in [0.05, 0.1) is 39.6 Å². The van der Waals surface area contributed by atoms with E-state index < -0.39 is 34.7 Å². The van der Waals surface area contributed by atoms with Gasteiger partial charge in [-0.1, -0.05) is 36.4 Å². The molecule has 4 rings (SSSR count). The summed E-state index contributed by atoms with van der Waals surface area (Å²) in [5.74, 6) is -0.838. The van der Waals surface area contributed by atoms with Crippen molar-refractivity contribution in [1.29, 1.82) is 0 Å². The standard InChI is InChI=1S/C24H16F3N5O4/c25-24(26,27)17-7-4-8-18(11-17)31(29-13-16-5-2-1-3-6-16)22(33)14-30-15-28-21-10-9-19(32(35)36)12-20(21)23(30)34/h1-13,15H,14H2/b29-13+. The second-order valence-electron chi connectivity index (χ2n) is 7.55. The lowest BCUT2D eigenvalue weighted by molar-refractivity contribution is -0.384.